The summed E-state index contributed by atoms with van der Waals surface area (Å²) in [6.45, 7) is 2.88. The Kier molecular flexibility index (Phi) is 7.71. The van der Waals surface area contributed by atoms with Gasteiger partial charge in [-0.3, -0.25) is 9.59 Å². The van der Waals surface area contributed by atoms with Gasteiger partial charge in [-0.2, -0.15) is 0 Å². The Labute approximate surface area is 242 Å². The van der Waals surface area contributed by atoms with Gasteiger partial charge in [0, 0.05) is 67.9 Å². The van der Waals surface area contributed by atoms with Gasteiger partial charge in [0.25, 0.3) is 0 Å². The average Bonchev–Trinajstić information content (AvgIpc) is 3.33. The number of benzene rings is 1. The molecule has 2 saturated heterocycles. The van der Waals surface area contributed by atoms with E-state index in [4.69, 9.17) is 16.3 Å². The number of methoxy groups -OCH3 is 1. The normalized spacial score (nSPS) is 16.0. The summed E-state index contributed by atoms with van der Waals surface area (Å²) in [4.78, 5) is 42.0. The minimum atomic E-state index is 0.0271. The number of carbonyl (C=O) groups is 2. The van der Waals surface area contributed by atoms with Crippen molar-refractivity contribution in [2.75, 3.05) is 48.8 Å². The molecule has 2 aliphatic rings. The molecule has 2 amide bonds. The Bertz CT molecular complexity index is 1560. The first-order chi connectivity index (χ1) is 20.1. The van der Waals surface area contributed by atoms with Gasteiger partial charge in [-0.1, -0.05) is 29.8 Å². The number of hydrogen-bond acceptors (Lipinski definition) is 8. The van der Waals surface area contributed by atoms with Crippen LogP contribution in [0.5, 0.6) is 0 Å². The number of carbonyl (C=O) groups excluding carboxylic acids is 2. The first kappa shape index (κ1) is 27.0. The van der Waals surface area contributed by atoms with Gasteiger partial charge in [-0.25, -0.2) is 15.0 Å². The van der Waals surface area contributed by atoms with Crippen LogP contribution >= 0.6 is 11.6 Å². The molecule has 4 aromatic rings. The second-order valence-electron chi connectivity index (χ2n) is 10.3. The Morgan fingerprint density at radius 1 is 1.10 bits per heavy atom. The van der Waals surface area contributed by atoms with Gasteiger partial charge in [-0.05, 0) is 31.0 Å². The molecule has 0 spiro atoms. The van der Waals surface area contributed by atoms with Crippen molar-refractivity contribution in [1.82, 2.24) is 24.4 Å². The number of nitrogens with one attached hydrogen (secondary N) is 2. The van der Waals surface area contributed by atoms with Crippen LogP contribution in [0.2, 0.25) is 5.02 Å². The first-order valence-electron chi connectivity index (χ1n) is 13.6. The molecule has 12 heteroatoms. The zero-order valence-corrected chi connectivity index (χ0v) is 23.4. The molecule has 0 unspecified atom stereocenters. The molecule has 11 nitrogen and oxygen atoms in total. The van der Waals surface area contributed by atoms with Crippen LogP contribution in [-0.4, -0.2) is 82.2 Å². The minimum absolute atomic E-state index is 0.0271. The first-order valence-corrected chi connectivity index (χ1v) is 14.0. The highest BCUT2D eigenvalue weighted by molar-refractivity contribution is 6.33. The topological polar surface area (TPSA) is 118 Å². The molecule has 0 aliphatic carbocycles. The highest BCUT2D eigenvalue weighted by atomic mass is 35.5. The van der Waals surface area contributed by atoms with Crippen molar-refractivity contribution < 1.29 is 14.3 Å². The lowest BCUT2D eigenvalue weighted by atomic mass is 10.0. The van der Waals surface area contributed by atoms with Gasteiger partial charge in [0.1, 0.15) is 24.3 Å². The highest BCUT2D eigenvalue weighted by Crippen LogP contribution is 2.39. The van der Waals surface area contributed by atoms with Crippen LogP contribution in [0.15, 0.2) is 55.1 Å². The molecule has 3 aromatic heterocycles. The van der Waals surface area contributed by atoms with Crippen molar-refractivity contribution in [2.45, 2.75) is 31.5 Å². The average molecular weight is 575 g/mol. The summed E-state index contributed by atoms with van der Waals surface area (Å²) in [5.74, 6) is 1.33. The molecule has 5 heterocycles. The smallest absolute Gasteiger partial charge is 0.242 e. The largest absolute Gasteiger partial charge is 0.379 e. The van der Waals surface area contributed by atoms with Gasteiger partial charge >= 0.3 is 0 Å². The molecule has 0 bridgehead atoms. The predicted octanol–water partition coefficient (Wildman–Crippen LogP) is 3.65. The van der Waals surface area contributed by atoms with E-state index in [0.29, 0.717) is 36.0 Å². The molecule has 2 fully saturated rings. The molecule has 2 aliphatic heterocycles. The van der Waals surface area contributed by atoms with Crippen LogP contribution in [0.4, 0.5) is 17.3 Å². The number of likely N-dealkylation sites (tertiary alicyclic amines) is 1. The number of rotatable bonds is 9. The zero-order valence-electron chi connectivity index (χ0n) is 22.7. The number of fused-ring (bicyclic) bond motifs is 1. The zero-order chi connectivity index (χ0) is 28.3. The van der Waals surface area contributed by atoms with Gasteiger partial charge < -0.3 is 29.7 Å². The van der Waals surface area contributed by atoms with Crippen LogP contribution in [0.25, 0.3) is 22.2 Å². The summed E-state index contributed by atoms with van der Waals surface area (Å²) < 4.78 is 7.39. The Balaban J connectivity index is 1.21. The van der Waals surface area contributed by atoms with E-state index in [1.165, 1.54) is 0 Å². The second kappa shape index (κ2) is 11.7. The molecular formula is C29H31ClN8O3. The SMILES string of the molecule is COC1CN(c2ncnc3c2c(-c2ccccc2Cl)cn3CC(=O)N2CCC(Nc3cccnc3NC=O)CC2)C1. The lowest BCUT2D eigenvalue weighted by Gasteiger charge is -2.39. The summed E-state index contributed by atoms with van der Waals surface area (Å²) in [5, 5.41) is 7.59. The second-order valence-corrected chi connectivity index (χ2v) is 10.7. The van der Waals surface area contributed by atoms with Crippen molar-refractivity contribution in [3.05, 3.63) is 60.1 Å². The highest BCUT2D eigenvalue weighted by Gasteiger charge is 2.31. The maximum absolute atomic E-state index is 13.5. The van der Waals surface area contributed by atoms with E-state index in [1.54, 1.807) is 19.6 Å². The van der Waals surface area contributed by atoms with Gasteiger partial charge in [-0.15, -0.1) is 0 Å². The van der Waals surface area contributed by atoms with E-state index in [2.05, 4.69) is 30.5 Å². The number of halogens is 1. The lowest BCUT2D eigenvalue weighted by molar-refractivity contribution is -0.132. The van der Waals surface area contributed by atoms with Crippen LogP contribution in [0.1, 0.15) is 12.8 Å². The van der Waals surface area contributed by atoms with E-state index in [0.717, 1.165) is 53.9 Å². The molecule has 0 atom stereocenters. The summed E-state index contributed by atoms with van der Waals surface area (Å²) in [7, 11) is 1.72. The van der Waals surface area contributed by atoms with Gasteiger partial charge in [0.2, 0.25) is 12.3 Å². The van der Waals surface area contributed by atoms with Crippen molar-refractivity contribution >= 4 is 52.3 Å². The molecular weight excluding hydrogens is 544 g/mol. The van der Waals surface area contributed by atoms with E-state index < -0.39 is 0 Å². The van der Waals surface area contributed by atoms with Crippen molar-refractivity contribution in [2.24, 2.45) is 0 Å². The number of pyridine rings is 1. The summed E-state index contributed by atoms with van der Waals surface area (Å²) >= 11 is 6.63. The van der Waals surface area contributed by atoms with Crippen molar-refractivity contribution in [3.8, 4) is 11.1 Å². The van der Waals surface area contributed by atoms with Crippen LogP contribution in [-0.2, 0) is 20.9 Å². The fourth-order valence-corrected chi connectivity index (χ4v) is 5.78. The maximum atomic E-state index is 13.5. The van der Waals surface area contributed by atoms with Crippen molar-refractivity contribution in [3.63, 3.8) is 0 Å². The van der Waals surface area contributed by atoms with Crippen molar-refractivity contribution in [1.29, 1.82) is 0 Å². The van der Waals surface area contributed by atoms with Gasteiger partial charge in [0.15, 0.2) is 5.82 Å². The van der Waals surface area contributed by atoms with Gasteiger partial charge in [0.05, 0.1) is 17.2 Å². The number of anilines is 3. The van der Waals surface area contributed by atoms with Crippen LogP contribution < -0.4 is 15.5 Å². The Morgan fingerprint density at radius 3 is 2.66 bits per heavy atom. The quantitative estimate of drug-likeness (QED) is 0.291. The third-order valence-corrected chi connectivity index (χ3v) is 8.12. The molecule has 0 saturated carbocycles. The molecule has 2 N–H and O–H groups in total. The summed E-state index contributed by atoms with van der Waals surface area (Å²) in [6.07, 6.45) is 7.49. The number of nitrogens with zero attached hydrogens (tertiary/aromatic N) is 6. The number of piperidine rings is 1. The Hall–Kier alpha value is -4.22. The predicted molar refractivity (Wildman–Crippen MR) is 158 cm³/mol. The lowest BCUT2D eigenvalue weighted by Crippen LogP contribution is -2.52. The molecule has 6 rings (SSSR count). The number of aromatic nitrogens is 4. The van der Waals surface area contributed by atoms with Crippen LogP contribution in [0.3, 0.4) is 0 Å². The fourth-order valence-electron chi connectivity index (χ4n) is 5.54. The third kappa shape index (κ3) is 5.42. The molecule has 1 aromatic carbocycles. The standard InChI is InChI=1S/C29H31ClN8O3/c1-41-20-13-37(14-20)28-26-22(21-5-2-3-6-23(21)30)15-38(29(26)33-17-32-28)16-25(40)36-11-8-19(9-12-36)35-24-7-4-10-31-27(24)34-18-39/h2-7,10,15,17-20,35H,8-9,11-14,16H2,1H3,(H,31,34,39). The Morgan fingerprint density at radius 2 is 1.90 bits per heavy atom. The number of ether oxygens (including phenoxy) is 1. The van der Waals surface area contributed by atoms with E-state index >= 15 is 0 Å². The van der Waals surface area contributed by atoms with E-state index in [9.17, 15) is 9.59 Å². The third-order valence-electron chi connectivity index (χ3n) is 7.79. The molecule has 41 heavy (non-hydrogen) atoms. The maximum Gasteiger partial charge on any atom is 0.242 e. The van der Waals surface area contributed by atoms with E-state index in [-0.39, 0.29) is 24.6 Å². The number of hydrogen-bond donors (Lipinski definition) is 2. The molecule has 0 radical (unpaired) electrons. The summed E-state index contributed by atoms with van der Waals surface area (Å²) in [5.41, 5.74) is 3.23. The fraction of sp³-hybridized carbons (Fsp3) is 0.345. The molecule has 212 valence electrons. The van der Waals surface area contributed by atoms with E-state index in [1.807, 2.05) is 52.1 Å². The number of amides is 2. The monoisotopic (exact) mass is 574 g/mol. The minimum Gasteiger partial charge on any atom is -0.379 e. The summed E-state index contributed by atoms with van der Waals surface area (Å²) in [6, 6.07) is 11.6. The van der Waals surface area contributed by atoms with Crippen LogP contribution in [0, 0.1) is 0 Å².